The topological polar surface area (TPSA) is 107 Å². The molecule has 0 aliphatic carbocycles. The maximum Gasteiger partial charge on any atom is 0.397 e. The number of amides is 1. The van der Waals surface area contributed by atoms with Gasteiger partial charge >= 0.3 is 6.18 Å². The highest BCUT2D eigenvalue weighted by atomic mass is 32.2. The van der Waals surface area contributed by atoms with Gasteiger partial charge in [0.2, 0.25) is 15.9 Å². The van der Waals surface area contributed by atoms with Crippen molar-refractivity contribution in [3.05, 3.63) is 6.20 Å². The fourth-order valence-corrected chi connectivity index (χ4v) is 1.78. The molecule has 0 saturated heterocycles. The number of rotatable bonds is 3. The van der Waals surface area contributed by atoms with Gasteiger partial charge in [0.25, 0.3) is 0 Å². The number of aromatic nitrogens is 2. The second-order valence-corrected chi connectivity index (χ2v) is 4.93. The van der Waals surface area contributed by atoms with E-state index in [0.717, 1.165) is 10.9 Å². The molecule has 18 heavy (non-hydrogen) atoms. The molecule has 0 atom stereocenters. The highest BCUT2D eigenvalue weighted by Crippen LogP contribution is 2.22. The Morgan fingerprint density at radius 2 is 2.11 bits per heavy atom. The summed E-state index contributed by atoms with van der Waals surface area (Å²) in [7, 11) is -2.85. The smallest absolute Gasteiger partial charge is 0.308 e. The summed E-state index contributed by atoms with van der Waals surface area (Å²) < 4.78 is 58.9. The minimum Gasteiger partial charge on any atom is -0.308 e. The first-order valence-corrected chi connectivity index (χ1v) is 5.97. The average molecular weight is 286 g/mol. The number of alkyl halides is 3. The maximum absolute atomic E-state index is 11.9. The van der Waals surface area contributed by atoms with Gasteiger partial charge in [-0.15, -0.1) is 0 Å². The highest BCUT2D eigenvalue weighted by Gasteiger charge is 2.32. The lowest BCUT2D eigenvalue weighted by atomic mass is 10.4. The molecular formula is C7H9F3N4O3S. The van der Waals surface area contributed by atoms with Crippen LogP contribution in [-0.4, -0.2) is 30.3 Å². The molecule has 0 unspecified atom stereocenters. The minimum atomic E-state index is -4.69. The average Bonchev–Trinajstić information content (AvgIpc) is 2.41. The van der Waals surface area contributed by atoms with E-state index in [1.807, 2.05) is 0 Å². The second kappa shape index (κ2) is 4.57. The molecule has 102 valence electrons. The van der Waals surface area contributed by atoms with E-state index in [9.17, 15) is 26.4 Å². The molecule has 7 nitrogen and oxygen atoms in total. The standard InChI is InChI=1S/C7H9F3N4O3S/c1-14-3-4(18(11,16)17)6(13-14)12-5(15)2-7(8,9)10/h3H,2H2,1H3,(H2,11,16,17)(H,12,13,15). The monoisotopic (exact) mass is 286 g/mol. The van der Waals surface area contributed by atoms with Crippen molar-refractivity contribution in [2.45, 2.75) is 17.5 Å². The zero-order chi connectivity index (χ0) is 14.1. The highest BCUT2D eigenvalue weighted by molar-refractivity contribution is 7.89. The van der Waals surface area contributed by atoms with E-state index in [1.165, 1.54) is 7.05 Å². The number of nitrogens with two attached hydrogens (primary N) is 1. The number of halogens is 3. The van der Waals surface area contributed by atoms with Crippen molar-refractivity contribution >= 4 is 21.7 Å². The van der Waals surface area contributed by atoms with Crippen molar-refractivity contribution in [1.29, 1.82) is 0 Å². The molecule has 0 aromatic carbocycles. The van der Waals surface area contributed by atoms with Gasteiger partial charge in [-0.2, -0.15) is 18.3 Å². The molecule has 1 rings (SSSR count). The third-order valence-corrected chi connectivity index (χ3v) is 2.63. The predicted molar refractivity (Wildman–Crippen MR) is 53.9 cm³/mol. The molecule has 0 saturated carbocycles. The van der Waals surface area contributed by atoms with Crippen LogP contribution in [0.1, 0.15) is 6.42 Å². The van der Waals surface area contributed by atoms with E-state index in [4.69, 9.17) is 5.14 Å². The van der Waals surface area contributed by atoms with Gasteiger partial charge in [0.1, 0.15) is 11.3 Å². The summed E-state index contributed by atoms with van der Waals surface area (Å²) >= 11 is 0. The van der Waals surface area contributed by atoms with Crippen molar-refractivity contribution in [3.8, 4) is 0 Å². The minimum absolute atomic E-state index is 0.533. The number of carbonyl (C=O) groups is 1. The predicted octanol–water partition coefficient (Wildman–Crippen LogP) is -0.0416. The molecule has 0 fully saturated rings. The van der Waals surface area contributed by atoms with Gasteiger partial charge in [-0.1, -0.05) is 0 Å². The molecule has 1 heterocycles. The molecule has 0 bridgehead atoms. The summed E-state index contributed by atoms with van der Waals surface area (Å²) in [6.45, 7) is 0. The Hall–Kier alpha value is -1.62. The number of hydrogen-bond donors (Lipinski definition) is 2. The number of nitrogens with one attached hydrogen (secondary N) is 1. The van der Waals surface area contributed by atoms with Crippen LogP contribution in [0.4, 0.5) is 19.0 Å². The molecule has 0 radical (unpaired) electrons. The summed E-state index contributed by atoms with van der Waals surface area (Å²) in [5, 5.41) is 10.1. The number of aryl methyl sites for hydroxylation is 1. The van der Waals surface area contributed by atoms with E-state index in [2.05, 4.69) is 5.10 Å². The third kappa shape index (κ3) is 4.00. The van der Waals surface area contributed by atoms with Crippen molar-refractivity contribution in [2.24, 2.45) is 12.2 Å². The van der Waals surface area contributed by atoms with Crippen LogP contribution >= 0.6 is 0 Å². The van der Waals surface area contributed by atoms with Gasteiger partial charge < -0.3 is 5.32 Å². The molecular weight excluding hydrogens is 277 g/mol. The second-order valence-electron chi connectivity index (χ2n) is 3.40. The Morgan fingerprint density at radius 1 is 1.56 bits per heavy atom. The van der Waals surface area contributed by atoms with Crippen LogP contribution in [0.5, 0.6) is 0 Å². The SMILES string of the molecule is Cn1cc(S(N)(=O)=O)c(NC(=O)CC(F)(F)F)n1. The third-order valence-electron chi connectivity index (χ3n) is 1.72. The molecule has 1 amide bonds. The molecule has 0 aliphatic rings. The number of primary sulfonamides is 1. The Labute approximate surface area is 99.8 Å². The van der Waals surface area contributed by atoms with Gasteiger partial charge in [-0.05, 0) is 0 Å². The lowest BCUT2D eigenvalue weighted by Gasteiger charge is -2.06. The van der Waals surface area contributed by atoms with Crippen LogP contribution in [0.15, 0.2) is 11.1 Å². The summed E-state index contributed by atoms with van der Waals surface area (Å²) in [5.41, 5.74) is 0. The normalized spacial score (nSPS) is 12.5. The van der Waals surface area contributed by atoms with Crippen LogP contribution in [-0.2, 0) is 21.9 Å². The largest absolute Gasteiger partial charge is 0.397 e. The first-order chi connectivity index (χ1) is 7.99. The molecule has 0 spiro atoms. The van der Waals surface area contributed by atoms with E-state index in [-0.39, 0.29) is 0 Å². The van der Waals surface area contributed by atoms with E-state index < -0.39 is 39.2 Å². The summed E-state index contributed by atoms with van der Waals surface area (Å²) in [4.78, 5) is 10.4. The number of hydrogen-bond acceptors (Lipinski definition) is 4. The van der Waals surface area contributed by atoms with Crippen molar-refractivity contribution in [2.75, 3.05) is 5.32 Å². The number of sulfonamides is 1. The fourth-order valence-electron chi connectivity index (χ4n) is 1.12. The fraction of sp³-hybridized carbons (Fsp3) is 0.429. The first-order valence-electron chi connectivity index (χ1n) is 4.42. The van der Waals surface area contributed by atoms with Crippen LogP contribution < -0.4 is 10.5 Å². The van der Waals surface area contributed by atoms with Crippen LogP contribution in [0.3, 0.4) is 0 Å². The molecule has 0 aliphatic heterocycles. The van der Waals surface area contributed by atoms with E-state index in [0.29, 0.717) is 0 Å². The zero-order valence-electron chi connectivity index (χ0n) is 9.02. The quantitative estimate of drug-likeness (QED) is 0.812. The van der Waals surface area contributed by atoms with E-state index in [1.54, 1.807) is 5.32 Å². The summed E-state index contributed by atoms with van der Waals surface area (Å²) in [5.74, 6) is -1.96. The Balaban J connectivity index is 2.96. The van der Waals surface area contributed by atoms with Crippen LogP contribution in [0.2, 0.25) is 0 Å². The number of nitrogens with zero attached hydrogens (tertiary/aromatic N) is 2. The van der Waals surface area contributed by atoms with Gasteiger partial charge in [-0.25, -0.2) is 13.6 Å². The summed E-state index contributed by atoms with van der Waals surface area (Å²) in [6.07, 6.45) is -5.47. The van der Waals surface area contributed by atoms with Crippen molar-refractivity contribution in [1.82, 2.24) is 9.78 Å². The Bertz CT molecular complexity index is 563. The Kier molecular flexibility index (Phi) is 3.67. The number of anilines is 1. The van der Waals surface area contributed by atoms with Gasteiger partial charge in [0.15, 0.2) is 5.82 Å². The summed E-state index contributed by atoms with van der Waals surface area (Å²) in [6, 6.07) is 0. The Morgan fingerprint density at radius 3 is 2.56 bits per heavy atom. The van der Waals surface area contributed by atoms with Crippen molar-refractivity contribution < 1.29 is 26.4 Å². The number of carbonyl (C=O) groups excluding carboxylic acids is 1. The molecule has 3 N–H and O–H groups in total. The molecule has 11 heteroatoms. The van der Waals surface area contributed by atoms with Gasteiger partial charge in [-0.3, -0.25) is 9.48 Å². The van der Waals surface area contributed by atoms with Gasteiger partial charge in [0, 0.05) is 13.2 Å². The lowest BCUT2D eigenvalue weighted by molar-refractivity contribution is -0.150. The lowest BCUT2D eigenvalue weighted by Crippen LogP contribution is -2.23. The van der Waals surface area contributed by atoms with E-state index >= 15 is 0 Å². The van der Waals surface area contributed by atoms with Crippen LogP contribution in [0.25, 0.3) is 0 Å². The maximum atomic E-state index is 11.9. The molecule has 1 aromatic rings. The molecule has 1 aromatic heterocycles. The van der Waals surface area contributed by atoms with Crippen LogP contribution in [0, 0.1) is 0 Å². The van der Waals surface area contributed by atoms with Gasteiger partial charge in [0.05, 0.1) is 0 Å². The first kappa shape index (κ1) is 14.4. The van der Waals surface area contributed by atoms with Crippen molar-refractivity contribution in [3.63, 3.8) is 0 Å². The zero-order valence-corrected chi connectivity index (χ0v) is 9.84.